The molecule has 1 atom stereocenters. The fourth-order valence-corrected chi connectivity index (χ4v) is 4.97. The van der Waals surface area contributed by atoms with Gasteiger partial charge in [-0.3, -0.25) is 14.7 Å². The van der Waals surface area contributed by atoms with Crippen LogP contribution in [0.3, 0.4) is 0 Å². The maximum absolute atomic E-state index is 13.6. The van der Waals surface area contributed by atoms with Gasteiger partial charge >= 0.3 is 0 Å². The Bertz CT molecular complexity index is 1110. The standard InChI is InChI=1S/C22H26N4O2/c1-22(10-5-11-23-22)26-20-19(17-8-2-3-9-18(17)21(26)28)13-24-25(20)14-15-6-4-7-16(27)12-15/h4,6-7,12-13,23,27H,2-3,5,8-11,14H2,1H3/t22-/m1/s1. The molecule has 0 unspecified atom stereocenters. The first-order valence-corrected chi connectivity index (χ1v) is 10.2. The molecule has 0 amide bonds. The normalized spacial score (nSPS) is 21.9. The Labute approximate surface area is 163 Å². The van der Waals surface area contributed by atoms with Crippen molar-refractivity contribution in [2.24, 2.45) is 0 Å². The second-order valence-electron chi connectivity index (χ2n) is 8.32. The van der Waals surface area contributed by atoms with E-state index < -0.39 is 5.66 Å². The van der Waals surface area contributed by atoms with Gasteiger partial charge in [0.05, 0.1) is 18.4 Å². The molecule has 28 heavy (non-hydrogen) atoms. The summed E-state index contributed by atoms with van der Waals surface area (Å²) < 4.78 is 3.89. The molecule has 6 nitrogen and oxygen atoms in total. The zero-order valence-electron chi connectivity index (χ0n) is 16.2. The molecule has 1 aromatic carbocycles. The molecule has 146 valence electrons. The van der Waals surface area contributed by atoms with E-state index in [1.807, 2.05) is 27.6 Å². The van der Waals surface area contributed by atoms with Crippen LogP contribution < -0.4 is 10.9 Å². The van der Waals surface area contributed by atoms with Crippen molar-refractivity contribution in [1.29, 1.82) is 0 Å². The largest absolute Gasteiger partial charge is 0.508 e. The van der Waals surface area contributed by atoms with Crippen LogP contribution in [0.25, 0.3) is 11.0 Å². The van der Waals surface area contributed by atoms with E-state index in [0.29, 0.717) is 6.54 Å². The Morgan fingerprint density at radius 1 is 1.21 bits per heavy atom. The maximum Gasteiger partial charge on any atom is 0.257 e. The SMILES string of the molecule is C[C@@]1(n2c(=O)c3c(c4cnn(Cc5cccc(O)c5)c42)CCCC3)CCCN1. The lowest BCUT2D eigenvalue weighted by Gasteiger charge is -2.31. The van der Waals surface area contributed by atoms with Crippen molar-refractivity contribution in [3.63, 3.8) is 0 Å². The van der Waals surface area contributed by atoms with Gasteiger partial charge in [-0.1, -0.05) is 12.1 Å². The molecule has 1 saturated heterocycles. The number of aromatic nitrogens is 3. The second kappa shape index (κ2) is 6.48. The average Bonchev–Trinajstić information content (AvgIpc) is 3.30. The van der Waals surface area contributed by atoms with Gasteiger partial charge in [0, 0.05) is 10.9 Å². The van der Waals surface area contributed by atoms with Crippen LogP contribution in [0.2, 0.25) is 0 Å². The number of fused-ring (bicyclic) bond motifs is 3. The number of hydrogen-bond donors (Lipinski definition) is 2. The lowest BCUT2D eigenvalue weighted by atomic mass is 9.90. The van der Waals surface area contributed by atoms with Gasteiger partial charge in [-0.25, -0.2) is 4.68 Å². The van der Waals surface area contributed by atoms with Crippen molar-refractivity contribution in [3.8, 4) is 5.75 Å². The minimum atomic E-state index is -0.390. The van der Waals surface area contributed by atoms with E-state index in [-0.39, 0.29) is 11.3 Å². The molecule has 2 aliphatic rings. The van der Waals surface area contributed by atoms with Gasteiger partial charge in [-0.05, 0) is 75.3 Å². The number of aromatic hydroxyl groups is 1. The number of pyridine rings is 1. The zero-order valence-corrected chi connectivity index (χ0v) is 16.2. The van der Waals surface area contributed by atoms with E-state index in [1.165, 1.54) is 5.56 Å². The first kappa shape index (κ1) is 17.5. The Morgan fingerprint density at radius 3 is 2.79 bits per heavy atom. The van der Waals surface area contributed by atoms with Crippen LogP contribution in [-0.2, 0) is 25.0 Å². The minimum Gasteiger partial charge on any atom is -0.508 e. The summed E-state index contributed by atoms with van der Waals surface area (Å²) in [5, 5.41) is 19.2. The monoisotopic (exact) mass is 378 g/mol. The van der Waals surface area contributed by atoms with Gasteiger partial charge in [-0.2, -0.15) is 5.10 Å². The summed E-state index contributed by atoms with van der Waals surface area (Å²) in [4.78, 5) is 13.6. The van der Waals surface area contributed by atoms with E-state index in [1.54, 1.807) is 12.1 Å². The highest BCUT2D eigenvalue weighted by molar-refractivity contribution is 5.81. The highest BCUT2D eigenvalue weighted by Gasteiger charge is 2.35. The Kier molecular flexibility index (Phi) is 4.05. The van der Waals surface area contributed by atoms with Crippen LogP contribution in [0.1, 0.15) is 49.3 Å². The molecule has 1 aliphatic heterocycles. The summed E-state index contributed by atoms with van der Waals surface area (Å²) in [6, 6.07) is 7.24. The van der Waals surface area contributed by atoms with Crippen molar-refractivity contribution < 1.29 is 5.11 Å². The summed E-state index contributed by atoms with van der Waals surface area (Å²) in [7, 11) is 0. The molecule has 2 aromatic heterocycles. The molecule has 0 radical (unpaired) electrons. The fourth-order valence-electron chi connectivity index (χ4n) is 4.97. The minimum absolute atomic E-state index is 0.136. The third-order valence-corrected chi connectivity index (χ3v) is 6.36. The van der Waals surface area contributed by atoms with Gasteiger partial charge in [0.25, 0.3) is 5.56 Å². The predicted octanol–water partition coefficient (Wildman–Crippen LogP) is 2.89. The number of phenols is 1. The van der Waals surface area contributed by atoms with Crippen molar-refractivity contribution in [3.05, 3.63) is 57.5 Å². The number of rotatable bonds is 3. The molecule has 6 heteroatoms. The second-order valence-corrected chi connectivity index (χ2v) is 8.32. The number of nitrogens with zero attached hydrogens (tertiary/aromatic N) is 3. The lowest BCUT2D eigenvalue weighted by molar-refractivity contribution is 0.282. The number of hydrogen-bond acceptors (Lipinski definition) is 4. The zero-order chi connectivity index (χ0) is 19.3. The van der Waals surface area contributed by atoms with Crippen molar-refractivity contribution >= 4 is 11.0 Å². The first-order valence-electron chi connectivity index (χ1n) is 10.2. The molecule has 0 spiro atoms. The molecule has 0 bridgehead atoms. The smallest absolute Gasteiger partial charge is 0.257 e. The van der Waals surface area contributed by atoms with Crippen LogP contribution in [0, 0.1) is 0 Å². The molecular formula is C22H26N4O2. The van der Waals surface area contributed by atoms with Crippen molar-refractivity contribution in [2.75, 3.05) is 6.54 Å². The molecule has 3 aromatic rings. The van der Waals surface area contributed by atoms with E-state index in [0.717, 1.165) is 67.2 Å². The third-order valence-electron chi connectivity index (χ3n) is 6.36. The van der Waals surface area contributed by atoms with Crippen LogP contribution in [0.15, 0.2) is 35.3 Å². The molecule has 1 fully saturated rings. The lowest BCUT2D eigenvalue weighted by Crippen LogP contribution is -2.47. The van der Waals surface area contributed by atoms with E-state index in [9.17, 15) is 9.90 Å². The quantitative estimate of drug-likeness (QED) is 0.735. The van der Waals surface area contributed by atoms with Gasteiger partial charge in [-0.15, -0.1) is 0 Å². The first-order chi connectivity index (χ1) is 13.6. The van der Waals surface area contributed by atoms with Gasteiger partial charge in [0.1, 0.15) is 11.4 Å². The molecule has 0 saturated carbocycles. The summed E-state index contributed by atoms with van der Waals surface area (Å²) in [5.41, 5.74) is 3.77. The predicted molar refractivity (Wildman–Crippen MR) is 109 cm³/mol. The molecule has 1 aliphatic carbocycles. The molecule has 5 rings (SSSR count). The van der Waals surface area contributed by atoms with Gasteiger partial charge in [0.2, 0.25) is 0 Å². The maximum atomic E-state index is 13.6. The number of aryl methyl sites for hydroxylation is 1. The molecule has 2 N–H and O–H groups in total. The summed E-state index contributed by atoms with van der Waals surface area (Å²) in [6.45, 7) is 3.57. The highest BCUT2D eigenvalue weighted by Crippen LogP contribution is 2.32. The summed E-state index contributed by atoms with van der Waals surface area (Å²) in [5.74, 6) is 0.244. The van der Waals surface area contributed by atoms with Crippen LogP contribution in [0.5, 0.6) is 5.75 Å². The summed E-state index contributed by atoms with van der Waals surface area (Å²) >= 11 is 0. The van der Waals surface area contributed by atoms with Crippen LogP contribution >= 0.6 is 0 Å². The van der Waals surface area contributed by atoms with E-state index in [4.69, 9.17) is 0 Å². The Morgan fingerprint density at radius 2 is 2.04 bits per heavy atom. The van der Waals surface area contributed by atoms with Crippen molar-refractivity contribution in [1.82, 2.24) is 19.7 Å². The number of phenolic OH excluding ortho intramolecular Hbond substituents is 1. The average molecular weight is 378 g/mol. The van der Waals surface area contributed by atoms with Crippen LogP contribution in [-0.4, -0.2) is 26.0 Å². The third kappa shape index (κ3) is 2.66. The van der Waals surface area contributed by atoms with Gasteiger partial charge < -0.3 is 5.11 Å². The van der Waals surface area contributed by atoms with Crippen molar-refractivity contribution in [2.45, 2.75) is 57.7 Å². The van der Waals surface area contributed by atoms with E-state index >= 15 is 0 Å². The Hall–Kier alpha value is -2.60. The number of nitrogens with one attached hydrogen (secondary N) is 1. The highest BCUT2D eigenvalue weighted by atomic mass is 16.3. The molecular weight excluding hydrogens is 352 g/mol. The van der Waals surface area contributed by atoms with Gasteiger partial charge in [0.15, 0.2) is 0 Å². The Balaban J connectivity index is 1.77. The number of benzene rings is 1. The summed E-state index contributed by atoms with van der Waals surface area (Å²) in [6.07, 6.45) is 7.92. The fraction of sp³-hybridized carbons (Fsp3) is 0.455. The molecule has 3 heterocycles. The topological polar surface area (TPSA) is 72.1 Å². The van der Waals surface area contributed by atoms with Crippen LogP contribution in [0.4, 0.5) is 0 Å². The van der Waals surface area contributed by atoms with E-state index in [2.05, 4.69) is 17.3 Å².